The van der Waals surface area contributed by atoms with Gasteiger partial charge in [0.25, 0.3) is 0 Å². The van der Waals surface area contributed by atoms with E-state index in [-0.39, 0.29) is 56.9 Å². The van der Waals surface area contributed by atoms with E-state index < -0.39 is 108 Å². The Morgan fingerprint density at radius 1 is 0.859 bits per heavy atom. The number of thiol groups is 1. The molecule has 0 bridgehead atoms. The highest BCUT2D eigenvalue weighted by Gasteiger charge is 2.40. The number of carbonyl (C=O) groups is 8. The number of aromatic amines is 1. The van der Waals surface area contributed by atoms with E-state index >= 15 is 0 Å². The molecule has 25 heteroatoms. The van der Waals surface area contributed by atoms with Crippen molar-refractivity contribution in [2.45, 2.75) is 107 Å². The fourth-order valence-corrected chi connectivity index (χ4v) is 6.81. The number of benzene rings is 1. The van der Waals surface area contributed by atoms with Crippen LogP contribution in [-0.2, 0) is 51.2 Å². The van der Waals surface area contributed by atoms with Crippen LogP contribution in [-0.4, -0.2) is 163 Å². The number of aliphatic hydroxyl groups is 2. The van der Waals surface area contributed by atoms with Crippen LogP contribution in [0.2, 0.25) is 0 Å². The fourth-order valence-electron chi connectivity index (χ4n) is 6.57. The lowest BCUT2D eigenvalue weighted by Gasteiger charge is -2.30. The average Bonchev–Trinajstić information content (AvgIpc) is 3.97. The highest BCUT2D eigenvalue weighted by atomic mass is 32.1. The number of carboxylic acids is 1. The molecule has 0 spiro atoms. The standard InChI is InChI=1S/C39H59N13O11S/c1-20(40)31(55)51-30(21(2)54)36(60)48-25(14-22-8-4-3-5-9-22)33(57)46-24(10-6-12-44-39(41)42)32(56)47-26(15-23-16-43-19-45-23)34(58)49-27(17-53)37(61)52-13-7-11-29(52)35(59)50-28(18-64)38(62)63/h3-5,8-9,16,19-21,24-30,53-54,64H,6-7,10-15,17-18,40H2,1-2H3,(H,43,45)(H,46,57)(H,47,56)(H,48,60)(H,49,58)(H,50,59)(H,51,55)(H,62,63)(H4,41,42,44)/t20-,21+,24-,25-,26-,27-,28-,29-,30-/m0/s1. The molecule has 0 unspecified atom stereocenters. The molecule has 0 radical (unpaired) electrons. The summed E-state index contributed by atoms with van der Waals surface area (Å²) in [5.74, 6) is -7.75. The highest BCUT2D eigenvalue weighted by Crippen LogP contribution is 2.19. The van der Waals surface area contributed by atoms with Gasteiger partial charge in [-0.2, -0.15) is 12.6 Å². The Balaban J connectivity index is 1.90. The summed E-state index contributed by atoms with van der Waals surface area (Å²) in [6, 6.07) is -2.34. The molecule has 2 aromatic rings. The van der Waals surface area contributed by atoms with Gasteiger partial charge in [-0.3, -0.25) is 38.6 Å². The lowest BCUT2D eigenvalue weighted by Crippen LogP contribution is -2.61. The monoisotopic (exact) mass is 917 g/mol. The van der Waals surface area contributed by atoms with Crippen LogP contribution in [0.15, 0.2) is 47.8 Å². The van der Waals surface area contributed by atoms with Crippen molar-refractivity contribution in [2.75, 3.05) is 25.4 Å². The zero-order valence-corrected chi connectivity index (χ0v) is 36.3. The minimum atomic E-state index is -1.61. The number of amides is 7. The molecule has 9 atom stereocenters. The smallest absolute Gasteiger partial charge is 0.327 e. The van der Waals surface area contributed by atoms with Crippen molar-refractivity contribution >= 4 is 65.9 Å². The zero-order chi connectivity index (χ0) is 47.5. The van der Waals surface area contributed by atoms with Gasteiger partial charge in [-0.25, -0.2) is 9.78 Å². The Labute approximate surface area is 374 Å². The molecule has 1 aliphatic heterocycles. The lowest BCUT2D eigenvalue weighted by atomic mass is 10.0. The second-order valence-electron chi connectivity index (χ2n) is 15.1. The molecule has 16 N–H and O–H groups in total. The van der Waals surface area contributed by atoms with E-state index in [2.05, 4.69) is 59.5 Å². The summed E-state index contributed by atoms with van der Waals surface area (Å²) in [6.45, 7) is 1.81. The molecule has 64 heavy (non-hydrogen) atoms. The molecule has 24 nitrogen and oxygen atoms in total. The molecule has 1 aromatic carbocycles. The van der Waals surface area contributed by atoms with Crippen molar-refractivity contribution in [3.8, 4) is 0 Å². The first-order valence-corrected chi connectivity index (χ1v) is 21.1. The van der Waals surface area contributed by atoms with Crippen molar-refractivity contribution in [3.05, 3.63) is 54.1 Å². The predicted molar refractivity (Wildman–Crippen MR) is 233 cm³/mol. The molecule has 0 saturated carbocycles. The van der Waals surface area contributed by atoms with E-state index in [0.29, 0.717) is 17.7 Å². The van der Waals surface area contributed by atoms with E-state index in [1.54, 1.807) is 30.3 Å². The Kier molecular flexibility index (Phi) is 20.9. The topological polar surface area (TPSA) is 392 Å². The number of hydrogen-bond donors (Lipinski definition) is 14. The number of nitrogens with one attached hydrogen (secondary N) is 7. The van der Waals surface area contributed by atoms with Gasteiger partial charge in [-0.1, -0.05) is 30.3 Å². The molecule has 1 saturated heterocycles. The first kappa shape index (κ1) is 52.0. The van der Waals surface area contributed by atoms with Crippen molar-refractivity contribution in [3.63, 3.8) is 0 Å². The van der Waals surface area contributed by atoms with Crippen LogP contribution in [0.25, 0.3) is 0 Å². The van der Waals surface area contributed by atoms with Gasteiger partial charge in [0, 0.05) is 43.6 Å². The molecule has 2 heterocycles. The quantitative estimate of drug-likeness (QED) is 0.0192. The summed E-state index contributed by atoms with van der Waals surface area (Å²) in [6.07, 6.45) is 1.52. The predicted octanol–water partition coefficient (Wildman–Crippen LogP) is -5.12. The largest absolute Gasteiger partial charge is 0.480 e. The number of carbonyl (C=O) groups excluding carboxylic acids is 7. The molecule has 1 fully saturated rings. The van der Waals surface area contributed by atoms with Gasteiger partial charge in [0.1, 0.15) is 42.3 Å². The lowest BCUT2D eigenvalue weighted by molar-refractivity contribution is -0.145. The summed E-state index contributed by atoms with van der Waals surface area (Å²) in [4.78, 5) is 118. The van der Waals surface area contributed by atoms with Gasteiger partial charge >= 0.3 is 5.97 Å². The summed E-state index contributed by atoms with van der Waals surface area (Å²) in [5, 5.41) is 45.0. The summed E-state index contributed by atoms with van der Waals surface area (Å²) in [7, 11) is 0. The first-order chi connectivity index (χ1) is 30.4. The summed E-state index contributed by atoms with van der Waals surface area (Å²) >= 11 is 3.95. The molecule has 0 aliphatic carbocycles. The van der Waals surface area contributed by atoms with Gasteiger partial charge < -0.3 is 74.3 Å². The number of aliphatic imine (C=N–C) groups is 1. The van der Waals surface area contributed by atoms with Gasteiger partial charge in [-0.15, -0.1) is 0 Å². The van der Waals surface area contributed by atoms with Crippen LogP contribution in [0, 0.1) is 0 Å². The van der Waals surface area contributed by atoms with E-state index in [4.69, 9.17) is 17.2 Å². The number of nitrogens with two attached hydrogens (primary N) is 3. The molecular formula is C39H59N13O11S. The number of carboxylic acid groups (broad SMARTS) is 1. The van der Waals surface area contributed by atoms with E-state index in [1.807, 2.05) is 0 Å². The number of likely N-dealkylation sites (tertiary alicyclic amines) is 1. The molecule has 7 amide bonds. The number of aliphatic hydroxyl groups excluding tert-OH is 2. The SMILES string of the molecule is C[C@H](N)C(=O)N[C@H](C(=O)N[C@@H](Cc1ccccc1)C(=O)N[C@@H](CCCN=C(N)N)C(=O)N[C@@H](Cc1cnc[nH]1)C(=O)N[C@@H](CO)C(=O)N1CCC[C@H]1C(=O)N[C@@H](CS)C(=O)O)[C@@H](C)O. The minimum Gasteiger partial charge on any atom is -0.480 e. The number of guanidine groups is 1. The molecule has 1 aliphatic rings. The maximum atomic E-state index is 14.2. The van der Waals surface area contributed by atoms with Gasteiger partial charge in [-0.05, 0) is 45.1 Å². The average molecular weight is 918 g/mol. The Morgan fingerprint density at radius 3 is 2.03 bits per heavy atom. The number of rotatable bonds is 25. The molecular weight excluding hydrogens is 859 g/mol. The van der Waals surface area contributed by atoms with Crippen molar-refractivity contribution in [2.24, 2.45) is 22.2 Å². The minimum absolute atomic E-state index is 0.0287. The molecule has 352 valence electrons. The van der Waals surface area contributed by atoms with E-state index in [9.17, 15) is 53.7 Å². The number of hydrogen-bond acceptors (Lipinski definition) is 14. The number of nitrogens with zero attached hydrogens (tertiary/aromatic N) is 3. The van der Waals surface area contributed by atoms with E-state index in [0.717, 1.165) is 4.90 Å². The van der Waals surface area contributed by atoms with Crippen LogP contribution in [0.3, 0.4) is 0 Å². The number of H-pyrrole nitrogens is 1. The fraction of sp³-hybridized carbons (Fsp3) is 0.538. The molecule has 3 rings (SSSR count). The Bertz CT molecular complexity index is 1930. The maximum Gasteiger partial charge on any atom is 0.327 e. The maximum absolute atomic E-state index is 14.2. The molecule has 1 aromatic heterocycles. The third-order valence-corrected chi connectivity index (χ3v) is 10.4. The van der Waals surface area contributed by atoms with Crippen LogP contribution < -0.4 is 49.1 Å². The number of aromatic nitrogens is 2. The van der Waals surface area contributed by atoms with Gasteiger partial charge in [0.05, 0.1) is 25.1 Å². The van der Waals surface area contributed by atoms with Gasteiger partial charge in [0.15, 0.2) is 5.96 Å². The van der Waals surface area contributed by atoms with E-state index in [1.165, 1.54) is 26.4 Å². The summed E-state index contributed by atoms with van der Waals surface area (Å²) in [5.41, 5.74) is 17.6. The second-order valence-corrected chi connectivity index (χ2v) is 15.5. The third kappa shape index (κ3) is 16.1. The normalized spacial score (nSPS) is 17.2. The van der Waals surface area contributed by atoms with Crippen molar-refractivity contribution in [1.82, 2.24) is 46.8 Å². The highest BCUT2D eigenvalue weighted by molar-refractivity contribution is 7.80. The summed E-state index contributed by atoms with van der Waals surface area (Å²) < 4.78 is 0. The van der Waals surface area contributed by atoms with Gasteiger partial charge in [0.2, 0.25) is 41.4 Å². The van der Waals surface area contributed by atoms with Crippen LogP contribution in [0.4, 0.5) is 0 Å². The zero-order valence-electron chi connectivity index (χ0n) is 35.4. The van der Waals surface area contributed by atoms with Crippen molar-refractivity contribution in [1.29, 1.82) is 0 Å². The van der Waals surface area contributed by atoms with Crippen LogP contribution in [0.5, 0.6) is 0 Å². The Hall–Kier alpha value is -6.31. The second kappa shape index (κ2) is 25.7. The van der Waals surface area contributed by atoms with Crippen molar-refractivity contribution < 1.29 is 53.7 Å². The first-order valence-electron chi connectivity index (χ1n) is 20.4. The van der Waals surface area contributed by atoms with Crippen LogP contribution in [0.1, 0.15) is 50.8 Å². The Morgan fingerprint density at radius 2 is 1.47 bits per heavy atom. The number of aliphatic carboxylic acids is 1. The third-order valence-electron chi connectivity index (χ3n) is 10.0. The number of imidazole rings is 1. The van der Waals surface area contributed by atoms with Crippen LogP contribution >= 0.6 is 12.6 Å².